The molecule has 0 fully saturated rings. The van der Waals surface area contributed by atoms with Crippen molar-refractivity contribution in [2.45, 2.75) is 25.8 Å². The van der Waals surface area contributed by atoms with E-state index in [1.165, 1.54) is 5.56 Å². The van der Waals surface area contributed by atoms with E-state index in [-0.39, 0.29) is 5.97 Å². The lowest BCUT2D eigenvalue weighted by Gasteiger charge is -2.15. The smallest absolute Gasteiger partial charge is 0.340 e. The fraction of sp³-hybridized carbons (Fsp3) is 0.222. The third kappa shape index (κ3) is 2.72. The van der Waals surface area contributed by atoms with Crippen LogP contribution in [0.1, 0.15) is 23.6 Å². The molecule has 0 amide bonds. The Morgan fingerprint density at radius 2 is 1.71 bits per heavy atom. The van der Waals surface area contributed by atoms with Crippen LogP contribution in [0.15, 0.2) is 59.6 Å². The maximum Gasteiger partial charge on any atom is 0.340 e. The largest absolute Gasteiger partial charge is 0.405 e. The molecule has 2 aromatic carbocycles. The maximum atomic E-state index is 12.2. The van der Waals surface area contributed by atoms with Crippen molar-refractivity contribution in [1.82, 2.24) is 0 Å². The molecule has 0 bridgehead atoms. The van der Waals surface area contributed by atoms with Crippen LogP contribution in [0.25, 0.3) is 0 Å². The molecule has 106 valence electrons. The number of rotatable bonds is 3. The molecule has 1 aliphatic heterocycles. The quantitative estimate of drug-likeness (QED) is 0.809. The lowest BCUT2D eigenvalue weighted by molar-refractivity contribution is -0.138. The van der Waals surface area contributed by atoms with E-state index in [0.29, 0.717) is 12.3 Å². The number of carbonyl (C=O) groups excluding carboxylic acids is 1. The Kier molecular flexibility index (Phi) is 3.34. The van der Waals surface area contributed by atoms with E-state index < -0.39 is 5.54 Å². The van der Waals surface area contributed by atoms with E-state index in [1.807, 2.05) is 68.4 Å². The highest BCUT2D eigenvalue weighted by atomic mass is 16.6. The van der Waals surface area contributed by atoms with E-state index in [1.54, 1.807) is 0 Å². The predicted octanol–water partition coefficient (Wildman–Crippen LogP) is 3.30. The third-order valence-corrected chi connectivity index (χ3v) is 3.67. The molecule has 3 nitrogen and oxygen atoms in total. The molecule has 2 aromatic rings. The highest BCUT2D eigenvalue weighted by Gasteiger charge is 2.41. The Balaban J connectivity index is 1.88. The van der Waals surface area contributed by atoms with Crippen molar-refractivity contribution in [3.8, 4) is 0 Å². The summed E-state index contributed by atoms with van der Waals surface area (Å²) in [4.78, 5) is 16.7. The number of hydrogen-bond donors (Lipinski definition) is 0. The van der Waals surface area contributed by atoms with Crippen LogP contribution >= 0.6 is 0 Å². The van der Waals surface area contributed by atoms with E-state index in [9.17, 15) is 4.79 Å². The van der Waals surface area contributed by atoms with E-state index >= 15 is 0 Å². The first-order valence-electron chi connectivity index (χ1n) is 7.00. The number of nitrogens with zero attached hydrogens (tertiary/aromatic N) is 1. The number of benzene rings is 2. The Morgan fingerprint density at radius 3 is 2.38 bits per heavy atom. The SMILES string of the molecule is Cc1ccc(C[C@@]2(C)N=C(c3ccccc3)OC2=O)cc1. The second-order valence-corrected chi connectivity index (χ2v) is 5.61. The molecule has 3 rings (SSSR count). The summed E-state index contributed by atoms with van der Waals surface area (Å²) in [5.74, 6) is 0.122. The van der Waals surface area contributed by atoms with Crippen LogP contribution in [-0.4, -0.2) is 17.4 Å². The first-order chi connectivity index (χ1) is 10.1. The van der Waals surface area contributed by atoms with Crippen molar-refractivity contribution in [3.05, 3.63) is 71.3 Å². The minimum absolute atomic E-state index is 0.290. The van der Waals surface area contributed by atoms with Gasteiger partial charge < -0.3 is 4.74 Å². The average Bonchev–Trinajstić information content (AvgIpc) is 2.78. The fourth-order valence-electron chi connectivity index (χ4n) is 2.41. The van der Waals surface area contributed by atoms with Gasteiger partial charge >= 0.3 is 5.97 Å². The first kappa shape index (κ1) is 13.6. The van der Waals surface area contributed by atoms with Crippen molar-refractivity contribution in [1.29, 1.82) is 0 Å². The predicted molar refractivity (Wildman–Crippen MR) is 82.4 cm³/mol. The van der Waals surface area contributed by atoms with Crippen molar-refractivity contribution in [2.75, 3.05) is 0 Å². The number of hydrogen-bond acceptors (Lipinski definition) is 3. The molecule has 0 N–H and O–H groups in total. The van der Waals surface area contributed by atoms with Gasteiger partial charge in [0, 0.05) is 12.0 Å². The number of aryl methyl sites for hydroxylation is 1. The Labute approximate surface area is 124 Å². The highest BCUT2D eigenvalue weighted by molar-refractivity contribution is 6.07. The van der Waals surface area contributed by atoms with Gasteiger partial charge in [0.25, 0.3) is 0 Å². The third-order valence-electron chi connectivity index (χ3n) is 3.67. The van der Waals surface area contributed by atoms with Gasteiger partial charge in [-0.3, -0.25) is 0 Å². The van der Waals surface area contributed by atoms with Crippen LogP contribution in [0.5, 0.6) is 0 Å². The summed E-state index contributed by atoms with van der Waals surface area (Å²) in [5.41, 5.74) is 2.27. The molecular formula is C18H17NO2. The standard InChI is InChI=1S/C18H17NO2/c1-13-8-10-14(11-9-13)12-18(2)17(20)21-16(19-18)15-6-4-3-5-7-15/h3-11H,12H2,1-2H3/t18-/m1/s1. The average molecular weight is 279 g/mol. The zero-order valence-electron chi connectivity index (χ0n) is 12.2. The van der Waals surface area contributed by atoms with Crippen LogP contribution < -0.4 is 0 Å². The number of carbonyl (C=O) groups is 1. The molecule has 0 aromatic heterocycles. The number of esters is 1. The molecule has 0 unspecified atom stereocenters. The van der Waals surface area contributed by atoms with Crippen LogP contribution in [-0.2, 0) is 16.0 Å². The lowest BCUT2D eigenvalue weighted by Crippen LogP contribution is -2.32. The molecule has 0 aliphatic carbocycles. The number of cyclic esters (lactones) is 1. The second kappa shape index (κ2) is 5.17. The van der Waals surface area contributed by atoms with Crippen molar-refractivity contribution >= 4 is 11.9 Å². The molecule has 0 saturated heterocycles. The second-order valence-electron chi connectivity index (χ2n) is 5.61. The molecular weight excluding hydrogens is 262 g/mol. The van der Waals surface area contributed by atoms with Gasteiger partial charge in [0.1, 0.15) is 0 Å². The monoisotopic (exact) mass is 279 g/mol. The molecule has 1 atom stereocenters. The molecule has 0 saturated carbocycles. The summed E-state index contributed by atoms with van der Waals surface area (Å²) in [7, 11) is 0. The number of ether oxygens (including phenoxy) is 1. The van der Waals surface area contributed by atoms with Crippen molar-refractivity contribution in [3.63, 3.8) is 0 Å². The van der Waals surface area contributed by atoms with Gasteiger partial charge in [-0.2, -0.15) is 0 Å². The zero-order valence-corrected chi connectivity index (χ0v) is 12.2. The van der Waals surface area contributed by atoms with Gasteiger partial charge in [-0.1, -0.05) is 48.0 Å². The fourth-order valence-corrected chi connectivity index (χ4v) is 2.41. The van der Waals surface area contributed by atoms with Gasteiger partial charge in [-0.05, 0) is 31.5 Å². The summed E-state index contributed by atoms with van der Waals surface area (Å²) in [5, 5.41) is 0. The summed E-state index contributed by atoms with van der Waals surface area (Å²) < 4.78 is 5.37. The molecule has 0 radical (unpaired) electrons. The molecule has 0 spiro atoms. The maximum absolute atomic E-state index is 12.2. The molecule has 1 aliphatic rings. The highest BCUT2D eigenvalue weighted by Crippen LogP contribution is 2.27. The minimum Gasteiger partial charge on any atom is -0.405 e. The minimum atomic E-state index is -0.847. The van der Waals surface area contributed by atoms with Crippen LogP contribution in [0, 0.1) is 6.92 Å². The number of aliphatic imine (C=N–C) groups is 1. The van der Waals surface area contributed by atoms with Crippen molar-refractivity contribution < 1.29 is 9.53 Å². The van der Waals surface area contributed by atoms with Gasteiger partial charge in [-0.15, -0.1) is 0 Å². The summed E-state index contributed by atoms with van der Waals surface area (Å²) in [6, 6.07) is 17.7. The first-order valence-corrected chi connectivity index (χ1v) is 7.00. The Bertz CT molecular complexity index is 689. The van der Waals surface area contributed by atoms with Gasteiger partial charge in [0.05, 0.1) is 0 Å². The molecule has 1 heterocycles. The van der Waals surface area contributed by atoms with Crippen molar-refractivity contribution in [2.24, 2.45) is 4.99 Å². The topological polar surface area (TPSA) is 38.7 Å². The van der Waals surface area contributed by atoms with Crippen LogP contribution in [0.2, 0.25) is 0 Å². The van der Waals surface area contributed by atoms with E-state index in [4.69, 9.17) is 4.74 Å². The normalized spacial score (nSPS) is 21.0. The van der Waals surface area contributed by atoms with Gasteiger partial charge in [-0.25, -0.2) is 9.79 Å². The molecule has 3 heteroatoms. The molecule has 21 heavy (non-hydrogen) atoms. The summed E-state index contributed by atoms with van der Waals surface area (Å²) in [6.07, 6.45) is 0.544. The van der Waals surface area contributed by atoms with Gasteiger partial charge in [0.15, 0.2) is 5.54 Å². The zero-order chi connectivity index (χ0) is 14.9. The summed E-state index contributed by atoms with van der Waals surface area (Å²) in [6.45, 7) is 3.87. The van der Waals surface area contributed by atoms with Crippen LogP contribution in [0.4, 0.5) is 0 Å². The van der Waals surface area contributed by atoms with E-state index in [2.05, 4.69) is 4.99 Å². The van der Waals surface area contributed by atoms with E-state index in [0.717, 1.165) is 11.1 Å². The lowest BCUT2D eigenvalue weighted by atomic mass is 9.93. The van der Waals surface area contributed by atoms with Crippen LogP contribution in [0.3, 0.4) is 0 Å². The Hall–Kier alpha value is -2.42. The van der Waals surface area contributed by atoms with Gasteiger partial charge in [0.2, 0.25) is 5.90 Å². The summed E-state index contributed by atoms with van der Waals surface area (Å²) >= 11 is 0. The Morgan fingerprint density at radius 1 is 1.05 bits per heavy atom.